The Morgan fingerprint density at radius 1 is 1.27 bits per heavy atom. The molecule has 3 rings (SSSR count). The van der Waals surface area contributed by atoms with Gasteiger partial charge in [0.25, 0.3) is 0 Å². The van der Waals surface area contributed by atoms with Crippen molar-refractivity contribution < 1.29 is 40.6 Å². The first-order valence-corrected chi connectivity index (χ1v) is 9.75. The van der Waals surface area contributed by atoms with Crippen molar-refractivity contribution >= 4 is 16.1 Å². The summed E-state index contributed by atoms with van der Waals surface area (Å²) >= 11 is 0. The fourth-order valence-electron chi connectivity index (χ4n) is 4.27. The normalized spacial score (nSPS) is 40.9. The third kappa shape index (κ3) is 3.97. The summed E-state index contributed by atoms with van der Waals surface area (Å²) in [5.74, 6) is -1.82. The number of aliphatic hydroxyl groups excluding tert-OH is 1. The second kappa shape index (κ2) is 6.88. The molecule has 150 valence electrons. The van der Waals surface area contributed by atoms with Gasteiger partial charge in [-0.25, -0.2) is 9.11 Å². The Labute approximate surface area is 147 Å². The van der Waals surface area contributed by atoms with Crippen LogP contribution in [0.1, 0.15) is 25.7 Å². The van der Waals surface area contributed by atoms with E-state index in [9.17, 15) is 31.5 Å². The van der Waals surface area contributed by atoms with Crippen LogP contribution in [0, 0.1) is 11.8 Å². The van der Waals surface area contributed by atoms with Gasteiger partial charge in [0, 0.05) is 0 Å². The lowest BCUT2D eigenvalue weighted by molar-refractivity contribution is -0.194. The van der Waals surface area contributed by atoms with Gasteiger partial charge < -0.3 is 9.84 Å². The summed E-state index contributed by atoms with van der Waals surface area (Å²) < 4.78 is 83.2. The standard InChI is InChI=1S/C14H20F4N2O5S/c15-12-9-4-8(25-6-14(16,17)18)2-1-7(9)3-10(21)13(12)20-5-11(22)19-26(20,23)24/h7-10,12-13,21H,1-6H2,(H,19,22). The molecule has 26 heavy (non-hydrogen) atoms. The minimum atomic E-state index is -4.48. The van der Waals surface area contributed by atoms with Crippen molar-refractivity contribution in [3.63, 3.8) is 0 Å². The van der Waals surface area contributed by atoms with Crippen LogP contribution in [0.25, 0.3) is 0 Å². The maximum absolute atomic E-state index is 15.1. The minimum Gasteiger partial charge on any atom is -0.391 e. The maximum Gasteiger partial charge on any atom is 0.411 e. The van der Waals surface area contributed by atoms with Crippen molar-refractivity contribution in [2.24, 2.45) is 11.8 Å². The van der Waals surface area contributed by atoms with Crippen molar-refractivity contribution in [2.75, 3.05) is 13.2 Å². The van der Waals surface area contributed by atoms with Crippen molar-refractivity contribution in [1.29, 1.82) is 0 Å². The summed E-state index contributed by atoms with van der Waals surface area (Å²) in [5.41, 5.74) is 0. The lowest BCUT2D eigenvalue weighted by atomic mass is 9.66. The second-order valence-corrected chi connectivity index (χ2v) is 8.72. The van der Waals surface area contributed by atoms with Gasteiger partial charge in [0.05, 0.1) is 24.8 Å². The fraction of sp³-hybridized carbons (Fsp3) is 0.929. The number of amides is 1. The number of alkyl halides is 4. The molecule has 2 aliphatic carbocycles. The molecule has 3 aliphatic rings. The highest BCUT2D eigenvalue weighted by Gasteiger charge is 2.54. The quantitative estimate of drug-likeness (QED) is 0.668. The molecule has 1 amide bonds. The molecule has 0 radical (unpaired) electrons. The van der Waals surface area contributed by atoms with Crippen molar-refractivity contribution in [3.05, 3.63) is 0 Å². The van der Waals surface area contributed by atoms with Gasteiger partial charge in [-0.15, -0.1) is 0 Å². The first kappa shape index (κ1) is 19.8. The number of carbonyl (C=O) groups is 1. The van der Waals surface area contributed by atoms with E-state index >= 15 is 4.39 Å². The average Bonchev–Trinajstić information content (AvgIpc) is 2.77. The van der Waals surface area contributed by atoms with E-state index in [1.807, 2.05) is 0 Å². The number of carbonyl (C=O) groups excluding carboxylic acids is 1. The number of nitrogens with zero attached hydrogens (tertiary/aromatic N) is 1. The van der Waals surface area contributed by atoms with Crippen molar-refractivity contribution in [3.8, 4) is 0 Å². The van der Waals surface area contributed by atoms with Gasteiger partial charge in [0.1, 0.15) is 12.8 Å². The van der Waals surface area contributed by atoms with Gasteiger partial charge in [0.15, 0.2) is 0 Å². The molecule has 0 aromatic carbocycles. The minimum absolute atomic E-state index is 0.0143. The van der Waals surface area contributed by atoms with Crippen LogP contribution in [0.15, 0.2) is 0 Å². The number of ether oxygens (including phenoxy) is 1. The van der Waals surface area contributed by atoms with E-state index in [0.29, 0.717) is 17.1 Å². The molecule has 1 heterocycles. The predicted molar refractivity (Wildman–Crippen MR) is 79.7 cm³/mol. The fourth-order valence-corrected chi connectivity index (χ4v) is 5.60. The molecule has 0 bridgehead atoms. The number of hydrogen-bond acceptors (Lipinski definition) is 5. The van der Waals surface area contributed by atoms with Gasteiger partial charge >= 0.3 is 16.4 Å². The molecule has 0 aromatic rings. The third-order valence-corrected chi connectivity index (χ3v) is 6.82. The summed E-state index contributed by atoms with van der Waals surface area (Å²) in [4.78, 5) is 11.4. The topological polar surface area (TPSA) is 95.9 Å². The average molecular weight is 404 g/mol. The molecule has 0 aromatic heterocycles. The lowest BCUT2D eigenvalue weighted by Gasteiger charge is -2.47. The Hall–Kier alpha value is -0.980. The van der Waals surface area contributed by atoms with Crippen LogP contribution in [0.3, 0.4) is 0 Å². The number of aliphatic hydroxyl groups is 1. The lowest BCUT2D eigenvalue weighted by Crippen LogP contribution is -2.59. The van der Waals surface area contributed by atoms with Gasteiger partial charge in [-0.05, 0) is 37.5 Å². The second-order valence-electron chi connectivity index (χ2n) is 7.10. The smallest absolute Gasteiger partial charge is 0.391 e. The van der Waals surface area contributed by atoms with E-state index in [1.165, 1.54) is 0 Å². The first-order valence-electron chi connectivity index (χ1n) is 8.31. The van der Waals surface area contributed by atoms with E-state index in [0.717, 1.165) is 0 Å². The molecule has 2 N–H and O–H groups in total. The van der Waals surface area contributed by atoms with Crippen molar-refractivity contribution in [2.45, 2.75) is 56.3 Å². The molecule has 0 spiro atoms. The largest absolute Gasteiger partial charge is 0.411 e. The molecule has 12 heteroatoms. The Balaban J connectivity index is 1.73. The van der Waals surface area contributed by atoms with E-state index in [4.69, 9.17) is 4.74 Å². The van der Waals surface area contributed by atoms with Gasteiger partial charge in [-0.1, -0.05) is 0 Å². The summed E-state index contributed by atoms with van der Waals surface area (Å²) in [6.45, 7) is -2.01. The van der Waals surface area contributed by atoms with E-state index in [-0.39, 0.29) is 18.8 Å². The molecule has 2 saturated carbocycles. The maximum atomic E-state index is 15.1. The molecule has 6 unspecified atom stereocenters. The molecular formula is C14H20F4N2O5S. The molecule has 1 saturated heterocycles. The van der Waals surface area contributed by atoms with E-state index in [2.05, 4.69) is 0 Å². The Kier molecular flexibility index (Phi) is 5.23. The molecule has 3 fully saturated rings. The van der Waals surface area contributed by atoms with Crippen LogP contribution in [0.4, 0.5) is 17.6 Å². The van der Waals surface area contributed by atoms with Crippen LogP contribution in [-0.4, -0.2) is 67.5 Å². The summed E-state index contributed by atoms with van der Waals surface area (Å²) in [6, 6.07) is -1.44. The van der Waals surface area contributed by atoms with Crippen LogP contribution in [0.2, 0.25) is 0 Å². The van der Waals surface area contributed by atoms with Gasteiger partial charge in [0.2, 0.25) is 5.91 Å². The monoisotopic (exact) mass is 404 g/mol. The molecular weight excluding hydrogens is 384 g/mol. The van der Waals surface area contributed by atoms with Gasteiger partial charge in [-0.3, -0.25) is 4.79 Å². The zero-order valence-corrected chi connectivity index (χ0v) is 14.5. The number of fused-ring (bicyclic) bond motifs is 1. The highest BCUT2D eigenvalue weighted by atomic mass is 32.2. The summed E-state index contributed by atoms with van der Waals surface area (Å²) in [5, 5.41) is 10.3. The van der Waals surface area contributed by atoms with E-state index < -0.39 is 65.8 Å². The number of halogens is 4. The van der Waals surface area contributed by atoms with Crippen LogP contribution in [-0.2, 0) is 19.7 Å². The van der Waals surface area contributed by atoms with Crippen LogP contribution in [0.5, 0.6) is 0 Å². The number of rotatable bonds is 3. The molecule has 7 nitrogen and oxygen atoms in total. The highest BCUT2D eigenvalue weighted by molar-refractivity contribution is 7.88. The number of hydrogen-bond donors (Lipinski definition) is 2. The summed E-state index contributed by atoms with van der Waals surface area (Å²) in [6.07, 6.45) is -7.49. The Morgan fingerprint density at radius 3 is 2.54 bits per heavy atom. The third-order valence-electron chi connectivity index (χ3n) is 5.34. The van der Waals surface area contributed by atoms with Crippen LogP contribution >= 0.6 is 0 Å². The van der Waals surface area contributed by atoms with Crippen LogP contribution < -0.4 is 4.72 Å². The zero-order chi connectivity index (χ0) is 19.3. The molecule has 6 atom stereocenters. The van der Waals surface area contributed by atoms with Crippen molar-refractivity contribution in [1.82, 2.24) is 9.03 Å². The van der Waals surface area contributed by atoms with E-state index in [1.54, 1.807) is 4.72 Å². The zero-order valence-electron chi connectivity index (χ0n) is 13.7. The van der Waals surface area contributed by atoms with Gasteiger partial charge in [-0.2, -0.15) is 25.9 Å². The number of nitrogens with one attached hydrogen (secondary N) is 1. The Morgan fingerprint density at radius 2 is 1.96 bits per heavy atom. The summed E-state index contributed by atoms with van der Waals surface area (Å²) in [7, 11) is -4.23. The highest BCUT2D eigenvalue weighted by Crippen LogP contribution is 2.45. The predicted octanol–water partition coefficient (Wildman–Crippen LogP) is 0.498. The SMILES string of the molecule is O=C1CN(C2C(O)CC3CCC(OCC(F)(F)F)CC3C2F)S(=O)(=O)N1. The Bertz CT molecular complexity index is 658. The first-order chi connectivity index (χ1) is 12.0. The molecule has 1 aliphatic heterocycles.